The number of halogens is 3. The van der Waals surface area contributed by atoms with Gasteiger partial charge in [-0.05, 0) is 35.7 Å². The largest absolute Gasteiger partial charge is 0.416 e. The van der Waals surface area contributed by atoms with Crippen molar-refractivity contribution in [1.82, 2.24) is 0 Å². The van der Waals surface area contributed by atoms with Gasteiger partial charge in [0.05, 0.1) is 5.56 Å². The molecule has 0 unspecified atom stereocenters. The summed E-state index contributed by atoms with van der Waals surface area (Å²) < 4.78 is 38.7. The fraction of sp³-hybridized carbons (Fsp3) is 0.200. The minimum Gasteiger partial charge on any atom is -0.398 e. The van der Waals surface area contributed by atoms with E-state index in [1.807, 2.05) is 13.0 Å². The highest BCUT2D eigenvalue weighted by Crippen LogP contribution is 2.33. The van der Waals surface area contributed by atoms with Crippen LogP contribution in [0.25, 0.3) is 0 Å². The summed E-state index contributed by atoms with van der Waals surface area (Å²) in [6, 6.07) is 11.0. The summed E-state index contributed by atoms with van der Waals surface area (Å²) in [7, 11) is 0. The van der Waals surface area contributed by atoms with Gasteiger partial charge in [0.25, 0.3) is 0 Å². The fourth-order valence-electron chi connectivity index (χ4n) is 2.03. The predicted octanol–water partition coefficient (Wildman–Crippen LogP) is 4.19. The Morgan fingerprint density at radius 1 is 1.00 bits per heavy atom. The summed E-state index contributed by atoms with van der Waals surface area (Å²) in [5.41, 5.74) is 7.71. The number of nitrogen functional groups attached to an aromatic ring is 1. The zero-order chi connectivity index (χ0) is 14.0. The molecule has 0 saturated carbocycles. The molecule has 0 amide bonds. The van der Waals surface area contributed by atoms with Gasteiger partial charge in [0.1, 0.15) is 0 Å². The van der Waals surface area contributed by atoms with E-state index in [1.165, 1.54) is 12.1 Å². The van der Waals surface area contributed by atoms with Crippen molar-refractivity contribution in [2.24, 2.45) is 0 Å². The zero-order valence-corrected chi connectivity index (χ0v) is 10.5. The van der Waals surface area contributed by atoms with Gasteiger partial charge in [-0.1, -0.05) is 30.3 Å². The fourth-order valence-corrected chi connectivity index (χ4v) is 2.03. The maximum atomic E-state index is 12.9. The quantitative estimate of drug-likeness (QED) is 0.810. The highest BCUT2D eigenvalue weighted by Gasteiger charge is 2.32. The molecule has 0 aliphatic carbocycles. The number of hydrogen-bond acceptors (Lipinski definition) is 1. The van der Waals surface area contributed by atoms with Crippen LogP contribution in [0.5, 0.6) is 0 Å². The molecule has 19 heavy (non-hydrogen) atoms. The molecular weight excluding hydrogens is 251 g/mol. The Morgan fingerprint density at radius 3 is 2.32 bits per heavy atom. The molecule has 4 heteroatoms. The van der Waals surface area contributed by atoms with E-state index in [1.54, 1.807) is 18.2 Å². The average Bonchev–Trinajstić information content (AvgIpc) is 2.32. The van der Waals surface area contributed by atoms with Crippen LogP contribution in [0.4, 0.5) is 18.9 Å². The lowest BCUT2D eigenvalue weighted by atomic mass is 9.97. The van der Waals surface area contributed by atoms with Crippen molar-refractivity contribution in [3.05, 3.63) is 64.7 Å². The second kappa shape index (κ2) is 4.96. The third kappa shape index (κ3) is 3.08. The second-order valence-corrected chi connectivity index (χ2v) is 4.53. The van der Waals surface area contributed by atoms with Gasteiger partial charge in [-0.3, -0.25) is 0 Å². The molecule has 0 spiro atoms. The van der Waals surface area contributed by atoms with Gasteiger partial charge in [0.15, 0.2) is 0 Å². The minimum atomic E-state index is -4.34. The van der Waals surface area contributed by atoms with Crippen molar-refractivity contribution >= 4 is 5.69 Å². The van der Waals surface area contributed by atoms with Crippen molar-refractivity contribution in [1.29, 1.82) is 0 Å². The zero-order valence-electron chi connectivity index (χ0n) is 10.5. The molecule has 0 radical (unpaired) electrons. The van der Waals surface area contributed by atoms with Gasteiger partial charge in [-0.15, -0.1) is 0 Å². The number of aryl methyl sites for hydroxylation is 1. The highest BCUT2D eigenvalue weighted by molar-refractivity contribution is 5.51. The first-order chi connectivity index (χ1) is 8.88. The molecule has 2 aromatic rings. The van der Waals surface area contributed by atoms with Gasteiger partial charge < -0.3 is 5.73 Å². The third-order valence-corrected chi connectivity index (χ3v) is 3.01. The van der Waals surface area contributed by atoms with Crippen molar-refractivity contribution in [3.8, 4) is 0 Å². The van der Waals surface area contributed by atoms with Crippen LogP contribution in [0.1, 0.15) is 22.3 Å². The summed E-state index contributed by atoms with van der Waals surface area (Å²) in [5, 5.41) is 0. The molecule has 0 saturated heterocycles. The van der Waals surface area contributed by atoms with Crippen LogP contribution in [0.3, 0.4) is 0 Å². The topological polar surface area (TPSA) is 26.0 Å². The maximum Gasteiger partial charge on any atom is 0.416 e. The van der Waals surface area contributed by atoms with Crippen LogP contribution < -0.4 is 5.73 Å². The Balaban J connectivity index is 2.39. The number of benzene rings is 2. The Kier molecular flexibility index (Phi) is 3.51. The molecule has 2 N–H and O–H groups in total. The molecule has 0 bridgehead atoms. The van der Waals surface area contributed by atoms with E-state index in [0.717, 1.165) is 11.6 Å². The van der Waals surface area contributed by atoms with E-state index in [0.29, 0.717) is 11.3 Å². The Bertz CT molecular complexity index is 588. The summed E-state index contributed by atoms with van der Waals surface area (Å²) in [5.74, 6) is 0. The van der Waals surface area contributed by atoms with Gasteiger partial charge in [-0.25, -0.2) is 0 Å². The summed E-state index contributed by atoms with van der Waals surface area (Å²) in [6.07, 6.45) is -4.15. The van der Waals surface area contributed by atoms with E-state index in [-0.39, 0.29) is 12.0 Å². The number of nitrogens with two attached hydrogens (primary N) is 1. The SMILES string of the molecule is Cc1ccc(Cc2ccccc2C(F)(F)F)c(N)c1. The van der Waals surface area contributed by atoms with Crippen LogP contribution in [0.15, 0.2) is 42.5 Å². The normalized spacial score (nSPS) is 11.6. The Morgan fingerprint density at radius 2 is 1.68 bits per heavy atom. The van der Waals surface area contributed by atoms with Gasteiger partial charge >= 0.3 is 6.18 Å². The smallest absolute Gasteiger partial charge is 0.398 e. The van der Waals surface area contributed by atoms with E-state index < -0.39 is 11.7 Å². The van der Waals surface area contributed by atoms with Gasteiger partial charge in [0.2, 0.25) is 0 Å². The number of alkyl halides is 3. The van der Waals surface area contributed by atoms with Crippen LogP contribution in [0.2, 0.25) is 0 Å². The van der Waals surface area contributed by atoms with E-state index in [9.17, 15) is 13.2 Å². The molecule has 100 valence electrons. The summed E-state index contributed by atoms with van der Waals surface area (Å²) >= 11 is 0. The molecule has 0 aliphatic heterocycles. The standard InChI is InChI=1S/C15H14F3N/c1-10-6-7-12(14(19)8-10)9-11-4-2-3-5-13(11)15(16,17)18/h2-8H,9,19H2,1H3. The molecule has 0 heterocycles. The number of rotatable bonds is 2. The van der Waals surface area contributed by atoms with E-state index in [4.69, 9.17) is 5.73 Å². The molecular formula is C15H14F3N. The Hall–Kier alpha value is -1.97. The number of anilines is 1. The van der Waals surface area contributed by atoms with Crippen molar-refractivity contribution in [2.75, 3.05) is 5.73 Å². The Labute approximate surface area is 109 Å². The number of hydrogen-bond donors (Lipinski definition) is 1. The molecule has 0 fully saturated rings. The molecule has 0 aromatic heterocycles. The van der Waals surface area contributed by atoms with Crippen LogP contribution >= 0.6 is 0 Å². The first-order valence-electron chi connectivity index (χ1n) is 5.88. The van der Waals surface area contributed by atoms with Gasteiger partial charge in [0, 0.05) is 12.1 Å². The van der Waals surface area contributed by atoms with Crippen molar-refractivity contribution in [2.45, 2.75) is 19.5 Å². The first kappa shape index (κ1) is 13.5. The summed E-state index contributed by atoms with van der Waals surface area (Å²) in [6.45, 7) is 1.89. The molecule has 0 atom stereocenters. The lowest BCUT2D eigenvalue weighted by Crippen LogP contribution is -2.09. The highest BCUT2D eigenvalue weighted by atomic mass is 19.4. The predicted molar refractivity (Wildman–Crippen MR) is 69.8 cm³/mol. The van der Waals surface area contributed by atoms with E-state index in [2.05, 4.69) is 0 Å². The third-order valence-electron chi connectivity index (χ3n) is 3.01. The lowest BCUT2D eigenvalue weighted by molar-refractivity contribution is -0.138. The summed E-state index contributed by atoms with van der Waals surface area (Å²) in [4.78, 5) is 0. The van der Waals surface area contributed by atoms with E-state index >= 15 is 0 Å². The van der Waals surface area contributed by atoms with Crippen molar-refractivity contribution < 1.29 is 13.2 Å². The first-order valence-corrected chi connectivity index (χ1v) is 5.88. The monoisotopic (exact) mass is 265 g/mol. The molecule has 2 aromatic carbocycles. The second-order valence-electron chi connectivity index (χ2n) is 4.53. The van der Waals surface area contributed by atoms with Crippen molar-refractivity contribution in [3.63, 3.8) is 0 Å². The van der Waals surface area contributed by atoms with Crippen LogP contribution in [0, 0.1) is 6.92 Å². The molecule has 2 rings (SSSR count). The molecule has 0 aliphatic rings. The van der Waals surface area contributed by atoms with Crippen LogP contribution in [-0.4, -0.2) is 0 Å². The lowest BCUT2D eigenvalue weighted by Gasteiger charge is -2.13. The minimum absolute atomic E-state index is 0.182. The molecule has 1 nitrogen and oxygen atoms in total. The van der Waals surface area contributed by atoms with Gasteiger partial charge in [-0.2, -0.15) is 13.2 Å². The maximum absolute atomic E-state index is 12.9. The average molecular weight is 265 g/mol. The van der Waals surface area contributed by atoms with Crippen LogP contribution in [-0.2, 0) is 12.6 Å².